The lowest BCUT2D eigenvalue weighted by Crippen LogP contribution is -2.56. The molecule has 0 spiro atoms. The van der Waals surface area contributed by atoms with Gasteiger partial charge in [-0.1, -0.05) is 24.3 Å². The van der Waals surface area contributed by atoms with Gasteiger partial charge in [-0.2, -0.15) is 0 Å². The monoisotopic (exact) mass is 333 g/mol. The van der Waals surface area contributed by atoms with Crippen molar-refractivity contribution in [1.82, 2.24) is 5.32 Å². The molecule has 3 N–H and O–H groups in total. The Bertz CT molecular complexity index is 742. The number of ether oxygens (including phenoxy) is 2. The molecule has 0 unspecified atom stereocenters. The van der Waals surface area contributed by atoms with Crippen LogP contribution in [0, 0.1) is 0 Å². The number of hydrogen-bond acceptors (Lipinski definition) is 7. The highest BCUT2D eigenvalue weighted by Gasteiger charge is 2.70. The van der Waals surface area contributed by atoms with E-state index >= 15 is 0 Å². The van der Waals surface area contributed by atoms with Gasteiger partial charge in [-0.25, -0.2) is 4.79 Å². The second-order valence-electron chi connectivity index (χ2n) is 5.75. The summed E-state index contributed by atoms with van der Waals surface area (Å²) in [5.41, 5.74) is -4.18. The Kier molecular flexibility index (Phi) is 3.95. The summed E-state index contributed by atoms with van der Waals surface area (Å²) in [5, 5.41) is 24.7. The smallest absolute Gasteiger partial charge is 0.339 e. The van der Waals surface area contributed by atoms with E-state index in [1.807, 2.05) is 6.92 Å². The first-order valence-corrected chi connectivity index (χ1v) is 7.71. The molecule has 1 aliphatic carbocycles. The molecule has 1 aromatic carbocycles. The first kappa shape index (κ1) is 16.6. The molecule has 0 saturated heterocycles. The fourth-order valence-corrected chi connectivity index (χ4v) is 3.32. The average molecular weight is 333 g/mol. The lowest BCUT2D eigenvalue weighted by Gasteiger charge is -2.31. The highest BCUT2D eigenvalue weighted by molar-refractivity contribution is 6.16. The van der Waals surface area contributed by atoms with Crippen molar-refractivity contribution in [2.24, 2.45) is 0 Å². The quantitative estimate of drug-likeness (QED) is 0.523. The first-order valence-electron chi connectivity index (χ1n) is 7.71. The standard InChI is InChI=1S/C17H19NO6/c1-3-23-8-9-24-15(20)13-10(2)18-17(22)12-7-5-4-6-11(12)14(19)16(13,17)21/h4-7,18,21-22H,3,8-9H2,1-2H3/t16-,17-/m0/s1. The van der Waals surface area contributed by atoms with Crippen LogP contribution in [-0.4, -0.2) is 47.4 Å². The second kappa shape index (κ2) is 5.70. The Morgan fingerprint density at radius 2 is 1.96 bits per heavy atom. The molecule has 0 amide bonds. The van der Waals surface area contributed by atoms with E-state index in [1.54, 1.807) is 12.1 Å². The van der Waals surface area contributed by atoms with Crippen LogP contribution < -0.4 is 5.32 Å². The number of carbonyl (C=O) groups is 2. The number of fused-ring (bicyclic) bond motifs is 3. The average Bonchev–Trinajstić information content (AvgIpc) is 2.87. The number of benzene rings is 1. The molecule has 0 bridgehead atoms. The van der Waals surface area contributed by atoms with Gasteiger partial charge in [-0.3, -0.25) is 4.79 Å². The van der Waals surface area contributed by atoms with E-state index in [0.717, 1.165) is 0 Å². The number of aliphatic hydroxyl groups is 2. The van der Waals surface area contributed by atoms with Crippen molar-refractivity contribution >= 4 is 11.8 Å². The van der Waals surface area contributed by atoms with Gasteiger partial charge in [0.1, 0.15) is 12.2 Å². The van der Waals surface area contributed by atoms with Crippen LogP contribution in [0.3, 0.4) is 0 Å². The minimum absolute atomic E-state index is 0.0148. The molecule has 1 heterocycles. The van der Waals surface area contributed by atoms with Crippen molar-refractivity contribution in [3.8, 4) is 0 Å². The second-order valence-corrected chi connectivity index (χ2v) is 5.75. The summed E-state index contributed by atoms with van der Waals surface area (Å²) in [6.45, 7) is 3.99. The Morgan fingerprint density at radius 1 is 1.25 bits per heavy atom. The van der Waals surface area contributed by atoms with E-state index in [-0.39, 0.29) is 35.6 Å². The minimum atomic E-state index is -2.41. The van der Waals surface area contributed by atoms with Gasteiger partial charge in [0, 0.05) is 23.4 Å². The van der Waals surface area contributed by atoms with Crippen LogP contribution in [0.25, 0.3) is 0 Å². The zero-order valence-electron chi connectivity index (χ0n) is 13.5. The number of allylic oxidation sites excluding steroid dienone is 1. The molecule has 2 aliphatic rings. The van der Waals surface area contributed by atoms with Gasteiger partial charge in [0.15, 0.2) is 0 Å². The molecule has 1 aliphatic heterocycles. The van der Waals surface area contributed by atoms with E-state index in [0.29, 0.717) is 6.61 Å². The van der Waals surface area contributed by atoms with Crippen LogP contribution in [-0.2, 0) is 20.0 Å². The SMILES string of the molecule is CCOCCOC(=O)C1=C(C)N[C@]2(O)c3ccccc3C(=O)[C@@]12O. The molecule has 24 heavy (non-hydrogen) atoms. The van der Waals surface area contributed by atoms with E-state index < -0.39 is 23.1 Å². The van der Waals surface area contributed by atoms with Crippen molar-refractivity contribution in [3.05, 3.63) is 46.7 Å². The number of esters is 1. The van der Waals surface area contributed by atoms with Gasteiger partial charge in [-0.15, -0.1) is 0 Å². The van der Waals surface area contributed by atoms with Gasteiger partial charge in [0.25, 0.3) is 0 Å². The van der Waals surface area contributed by atoms with Crippen LogP contribution in [0.15, 0.2) is 35.5 Å². The number of Topliss-reactive ketones (excluding diaryl/α,β-unsaturated/α-hetero) is 1. The number of carbonyl (C=O) groups excluding carboxylic acids is 2. The maximum Gasteiger partial charge on any atom is 0.339 e. The van der Waals surface area contributed by atoms with Gasteiger partial charge in [0.2, 0.25) is 17.1 Å². The minimum Gasteiger partial charge on any atom is -0.460 e. The van der Waals surface area contributed by atoms with Crippen molar-refractivity contribution in [3.63, 3.8) is 0 Å². The molecular formula is C17H19NO6. The highest BCUT2D eigenvalue weighted by Crippen LogP contribution is 2.51. The van der Waals surface area contributed by atoms with Crippen LogP contribution in [0.4, 0.5) is 0 Å². The Labute approximate surface area is 138 Å². The summed E-state index contributed by atoms with van der Waals surface area (Å²) >= 11 is 0. The van der Waals surface area contributed by atoms with Crippen LogP contribution in [0.1, 0.15) is 29.8 Å². The molecule has 0 radical (unpaired) electrons. The predicted octanol–water partition coefficient (Wildman–Crippen LogP) is 0.216. The summed E-state index contributed by atoms with van der Waals surface area (Å²) in [7, 11) is 0. The molecule has 1 aromatic rings. The Balaban J connectivity index is 1.95. The van der Waals surface area contributed by atoms with Gasteiger partial charge < -0.3 is 25.0 Å². The van der Waals surface area contributed by atoms with Crippen LogP contribution in [0.2, 0.25) is 0 Å². The van der Waals surface area contributed by atoms with Gasteiger partial charge in [0.05, 0.1) is 6.61 Å². The molecule has 3 rings (SSSR count). The first-order chi connectivity index (χ1) is 11.4. The molecule has 2 atom stereocenters. The number of nitrogens with one attached hydrogen (secondary N) is 1. The van der Waals surface area contributed by atoms with Gasteiger partial charge in [-0.05, 0) is 13.8 Å². The third kappa shape index (κ3) is 2.02. The Morgan fingerprint density at radius 3 is 2.67 bits per heavy atom. The van der Waals surface area contributed by atoms with E-state index in [1.165, 1.54) is 19.1 Å². The third-order valence-corrected chi connectivity index (χ3v) is 4.39. The molecule has 0 aromatic heterocycles. The van der Waals surface area contributed by atoms with E-state index in [2.05, 4.69) is 5.32 Å². The molecule has 0 saturated carbocycles. The highest BCUT2D eigenvalue weighted by atomic mass is 16.6. The number of hydrogen-bond donors (Lipinski definition) is 3. The van der Waals surface area contributed by atoms with Crippen molar-refractivity contribution in [2.45, 2.75) is 25.2 Å². The largest absolute Gasteiger partial charge is 0.460 e. The van der Waals surface area contributed by atoms with E-state index in [9.17, 15) is 19.8 Å². The molecule has 128 valence electrons. The van der Waals surface area contributed by atoms with Crippen molar-refractivity contribution in [1.29, 1.82) is 0 Å². The lowest BCUT2D eigenvalue weighted by molar-refractivity contribution is -0.148. The summed E-state index contributed by atoms with van der Waals surface area (Å²) < 4.78 is 10.2. The van der Waals surface area contributed by atoms with Gasteiger partial charge >= 0.3 is 5.97 Å². The zero-order chi connectivity index (χ0) is 17.5. The molecular weight excluding hydrogens is 314 g/mol. The van der Waals surface area contributed by atoms with Crippen LogP contribution in [0.5, 0.6) is 0 Å². The number of ketones is 1. The zero-order valence-corrected chi connectivity index (χ0v) is 13.5. The number of rotatable bonds is 5. The summed E-state index contributed by atoms with van der Waals surface area (Å²) in [4.78, 5) is 25.1. The fourth-order valence-electron chi connectivity index (χ4n) is 3.32. The topological polar surface area (TPSA) is 105 Å². The predicted molar refractivity (Wildman–Crippen MR) is 82.9 cm³/mol. The van der Waals surface area contributed by atoms with Crippen molar-refractivity contribution < 1.29 is 29.3 Å². The maximum absolute atomic E-state index is 12.7. The fraction of sp³-hybridized carbons (Fsp3) is 0.412. The molecule has 7 nitrogen and oxygen atoms in total. The van der Waals surface area contributed by atoms with Crippen molar-refractivity contribution in [2.75, 3.05) is 19.8 Å². The lowest BCUT2D eigenvalue weighted by atomic mass is 9.85. The molecule has 0 fully saturated rings. The van der Waals surface area contributed by atoms with E-state index in [4.69, 9.17) is 9.47 Å². The molecule has 7 heteroatoms. The Hall–Kier alpha value is -2.22. The maximum atomic E-state index is 12.7. The third-order valence-electron chi connectivity index (χ3n) is 4.39. The summed E-state index contributed by atoms with van der Waals surface area (Å²) in [6.07, 6.45) is 0. The summed E-state index contributed by atoms with van der Waals surface area (Å²) in [5.74, 6) is -1.60. The summed E-state index contributed by atoms with van der Waals surface area (Å²) in [6, 6.07) is 6.31. The normalized spacial score (nSPS) is 27.8. The van der Waals surface area contributed by atoms with Crippen LogP contribution >= 0.6 is 0 Å².